The fourth-order valence-electron chi connectivity index (χ4n) is 2.11. The lowest BCUT2D eigenvalue weighted by Gasteiger charge is -2.05. The molecule has 0 atom stereocenters. The van der Waals surface area contributed by atoms with Crippen molar-refractivity contribution in [2.75, 3.05) is 31.8 Å². The number of rotatable bonds is 11. The molecule has 2 rings (SSSR count). The summed E-state index contributed by atoms with van der Waals surface area (Å²) < 4.78 is 10.6. The molecular weight excluding hydrogens is 440 g/mol. The Bertz CT molecular complexity index is 728. The van der Waals surface area contributed by atoms with E-state index in [4.69, 9.17) is 19.7 Å². The second-order valence-electron chi connectivity index (χ2n) is 6.01. The van der Waals surface area contributed by atoms with Crippen LogP contribution in [0.2, 0.25) is 0 Å². The highest BCUT2D eigenvalue weighted by Crippen LogP contribution is 2.14. The summed E-state index contributed by atoms with van der Waals surface area (Å²) >= 11 is 3.11. The Morgan fingerprint density at radius 2 is 1.21 bits per heavy atom. The third-order valence-electron chi connectivity index (χ3n) is 3.70. The monoisotopic (exact) mass is 466 g/mol. The Hall–Kier alpha value is -2.22. The van der Waals surface area contributed by atoms with Gasteiger partial charge in [0.1, 0.15) is 11.5 Å². The Morgan fingerprint density at radius 3 is 1.55 bits per heavy atom. The van der Waals surface area contributed by atoms with Gasteiger partial charge in [-0.15, -0.1) is 0 Å². The summed E-state index contributed by atoms with van der Waals surface area (Å²) in [6.07, 6.45) is 1.23. The fraction of sp³-hybridized carbons (Fsp3) is 0.364. The average Bonchev–Trinajstić information content (AvgIpc) is 2.75. The average molecular weight is 467 g/mol. The summed E-state index contributed by atoms with van der Waals surface area (Å²) in [5.41, 5.74) is 1.35. The molecule has 0 saturated heterocycles. The van der Waals surface area contributed by atoms with Crippen LogP contribution >= 0.6 is 15.9 Å². The molecule has 2 N–H and O–H groups in total. The van der Waals surface area contributed by atoms with Crippen LogP contribution in [0.5, 0.6) is 11.5 Å². The molecule has 0 fully saturated rings. The van der Waals surface area contributed by atoms with Crippen molar-refractivity contribution in [3.63, 3.8) is 0 Å². The van der Waals surface area contributed by atoms with Crippen molar-refractivity contribution in [1.29, 1.82) is 0 Å². The van der Waals surface area contributed by atoms with Crippen LogP contribution in [0.3, 0.4) is 0 Å². The van der Waals surface area contributed by atoms with E-state index < -0.39 is 0 Å². The van der Waals surface area contributed by atoms with E-state index in [1.54, 1.807) is 48.5 Å². The minimum Gasteiger partial charge on any atom is -0.494 e. The molecule has 0 radical (unpaired) electrons. The normalized spacial score (nSPS) is 9.93. The van der Waals surface area contributed by atoms with Crippen molar-refractivity contribution in [1.82, 2.24) is 0 Å². The number of ketones is 2. The first-order chi connectivity index (χ1) is 14.0. The van der Waals surface area contributed by atoms with Crippen LogP contribution in [0.25, 0.3) is 0 Å². The van der Waals surface area contributed by atoms with Crippen LogP contribution in [-0.4, -0.2) is 53.5 Å². The Kier molecular flexibility index (Phi) is 12.6. The molecule has 0 saturated carbocycles. The third kappa shape index (κ3) is 10.2. The highest BCUT2D eigenvalue weighted by Gasteiger charge is 2.03. The number of ether oxygens (including phenoxy) is 2. The molecular formula is C22H27BrO6. The first-order valence-corrected chi connectivity index (χ1v) is 10.4. The molecule has 0 aromatic heterocycles. The molecule has 7 heteroatoms. The number of carbonyl (C=O) groups is 2. The molecule has 6 nitrogen and oxygen atoms in total. The standard InChI is InChI=1S/C11H13BrO3.C11H14O3/c12-8-11(14)9-2-4-10(5-3-9)15-7-1-6-13;1-9(13)10-3-5-11(6-4-10)14-8-2-7-12/h2-5,13H,1,6-8H2;3-6,12H,2,7-8H2,1H3. The number of halogens is 1. The Balaban J connectivity index is 0.000000291. The molecule has 158 valence electrons. The molecule has 0 spiro atoms. The van der Waals surface area contributed by atoms with Gasteiger partial charge in [-0.05, 0) is 55.5 Å². The molecule has 29 heavy (non-hydrogen) atoms. The van der Waals surface area contributed by atoms with Gasteiger partial charge in [-0.1, -0.05) is 15.9 Å². The van der Waals surface area contributed by atoms with Crippen LogP contribution < -0.4 is 9.47 Å². The molecule has 2 aromatic carbocycles. The van der Waals surface area contributed by atoms with Crippen molar-refractivity contribution < 1.29 is 29.3 Å². The quantitative estimate of drug-likeness (QED) is 0.298. The zero-order chi connectivity index (χ0) is 21.5. The number of benzene rings is 2. The van der Waals surface area contributed by atoms with Gasteiger partial charge in [-0.25, -0.2) is 0 Å². The number of carbonyl (C=O) groups excluding carboxylic acids is 2. The highest BCUT2D eigenvalue weighted by molar-refractivity contribution is 9.09. The van der Waals surface area contributed by atoms with E-state index in [0.717, 1.165) is 11.5 Å². The first-order valence-electron chi connectivity index (χ1n) is 9.29. The van der Waals surface area contributed by atoms with Gasteiger partial charge in [0.15, 0.2) is 11.6 Å². The van der Waals surface area contributed by atoms with Crippen molar-refractivity contribution in [2.45, 2.75) is 19.8 Å². The zero-order valence-corrected chi connectivity index (χ0v) is 18.1. The Labute approximate surface area is 179 Å². The minimum absolute atomic E-state index is 0.0481. The van der Waals surface area contributed by atoms with E-state index in [0.29, 0.717) is 42.5 Å². The van der Waals surface area contributed by atoms with Crippen LogP contribution in [0, 0.1) is 0 Å². The van der Waals surface area contributed by atoms with Gasteiger partial charge in [-0.2, -0.15) is 0 Å². The molecule has 0 aliphatic rings. The lowest BCUT2D eigenvalue weighted by molar-refractivity contribution is 0.101. The number of Topliss-reactive ketones (excluding diaryl/α,β-unsaturated/α-hetero) is 2. The number of aliphatic hydroxyl groups is 2. The Morgan fingerprint density at radius 1 is 0.793 bits per heavy atom. The van der Waals surface area contributed by atoms with Gasteiger partial charge >= 0.3 is 0 Å². The second kappa shape index (κ2) is 14.7. The van der Waals surface area contributed by atoms with E-state index in [2.05, 4.69) is 15.9 Å². The summed E-state index contributed by atoms with van der Waals surface area (Å²) in [6.45, 7) is 2.77. The van der Waals surface area contributed by atoms with Crippen LogP contribution in [0.1, 0.15) is 40.5 Å². The predicted octanol–water partition coefficient (Wildman–Crippen LogP) is 3.68. The van der Waals surface area contributed by atoms with Crippen molar-refractivity contribution >= 4 is 27.5 Å². The topological polar surface area (TPSA) is 93.1 Å². The van der Waals surface area contributed by atoms with Crippen LogP contribution in [0.15, 0.2) is 48.5 Å². The maximum absolute atomic E-state index is 11.3. The SMILES string of the molecule is CC(=O)c1ccc(OCCCO)cc1.O=C(CBr)c1ccc(OCCCO)cc1. The highest BCUT2D eigenvalue weighted by atomic mass is 79.9. The molecule has 0 amide bonds. The van der Waals surface area contributed by atoms with E-state index >= 15 is 0 Å². The van der Waals surface area contributed by atoms with E-state index in [-0.39, 0.29) is 24.8 Å². The van der Waals surface area contributed by atoms with Gasteiger partial charge in [0, 0.05) is 37.2 Å². The number of hydrogen-bond acceptors (Lipinski definition) is 6. The smallest absolute Gasteiger partial charge is 0.173 e. The first kappa shape index (κ1) is 24.8. The minimum atomic E-state index is 0.0481. The second-order valence-corrected chi connectivity index (χ2v) is 6.57. The van der Waals surface area contributed by atoms with Gasteiger partial charge < -0.3 is 19.7 Å². The van der Waals surface area contributed by atoms with Gasteiger partial charge in [0.2, 0.25) is 0 Å². The largest absolute Gasteiger partial charge is 0.494 e. The lowest BCUT2D eigenvalue weighted by atomic mass is 10.1. The molecule has 0 aliphatic heterocycles. The van der Waals surface area contributed by atoms with Crippen molar-refractivity contribution in [2.24, 2.45) is 0 Å². The summed E-state index contributed by atoms with van der Waals surface area (Å²) in [7, 11) is 0. The fourth-order valence-corrected chi connectivity index (χ4v) is 2.43. The van der Waals surface area contributed by atoms with Crippen molar-refractivity contribution in [3.8, 4) is 11.5 Å². The molecule has 0 heterocycles. The maximum Gasteiger partial charge on any atom is 0.173 e. The third-order valence-corrected chi connectivity index (χ3v) is 4.21. The maximum atomic E-state index is 11.3. The van der Waals surface area contributed by atoms with E-state index in [9.17, 15) is 9.59 Å². The summed E-state index contributed by atoms with van der Waals surface area (Å²) in [5, 5.41) is 17.4. The van der Waals surface area contributed by atoms with Crippen LogP contribution in [-0.2, 0) is 0 Å². The summed E-state index contributed by atoms with van der Waals surface area (Å²) in [5.74, 6) is 1.54. The summed E-state index contributed by atoms with van der Waals surface area (Å²) in [6, 6.07) is 14.0. The molecule has 0 aliphatic carbocycles. The van der Waals surface area contributed by atoms with E-state index in [1.165, 1.54) is 6.92 Å². The number of hydrogen-bond donors (Lipinski definition) is 2. The van der Waals surface area contributed by atoms with Crippen LogP contribution in [0.4, 0.5) is 0 Å². The number of aliphatic hydroxyl groups excluding tert-OH is 2. The molecule has 2 aromatic rings. The van der Waals surface area contributed by atoms with Gasteiger partial charge in [0.25, 0.3) is 0 Å². The van der Waals surface area contributed by atoms with Crippen molar-refractivity contribution in [3.05, 3.63) is 59.7 Å². The van der Waals surface area contributed by atoms with Gasteiger partial charge in [0.05, 0.1) is 18.5 Å². The summed E-state index contributed by atoms with van der Waals surface area (Å²) in [4.78, 5) is 22.2. The molecule has 0 unspecified atom stereocenters. The van der Waals surface area contributed by atoms with E-state index in [1.807, 2.05) is 0 Å². The predicted molar refractivity (Wildman–Crippen MR) is 115 cm³/mol. The number of alkyl halides is 1. The van der Waals surface area contributed by atoms with Gasteiger partial charge in [-0.3, -0.25) is 9.59 Å². The lowest BCUT2D eigenvalue weighted by Crippen LogP contribution is -2.01. The zero-order valence-electron chi connectivity index (χ0n) is 16.5. The molecule has 0 bridgehead atoms.